The number of benzene rings is 1. The van der Waals surface area contributed by atoms with E-state index in [4.69, 9.17) is 5.73 Å². The fourth-order valence-corrected chi connectivity index (χ4v) is 1.19. The number of hydrogen-bond acceptors (Lipinski definition) is 2. The lowest BCUT2D eigenvalue weighted by Crippen LogP contribution is -2.27. The first-order valence-electron chi connectivity index (χ1n) is 4.46. The van der Waals surface area contributed by atoms with Crippen LogP contribution in [0.15, 0.2) is 24.3 Å². The third-order valence-electron chi connectivity index (χ3n) is 1.92. The summed E-state index contributed by atoms with van der Waals surface area (Å²) in [5.41, 5.74) is 6.35. The molecule has 0 saturated heterocycles. The van der Waals surface area contributed by atoms with Gasteiger partial charge in [-0.25, -0.2) is 4.39 Å². The molecule has 0 saturated carbocycles. The van der Waals surface area contributed by atoms with Crippen molar-refractivity contribution in [1.29, 1.82) is 0 Å². The first-order valence-corrected chi connectivity index (χ1v) is 4.46. The van der Waals surface area contributed by atoms with E-state index in [0.29, 0.717) is 12.1 Å². The molecular weight excluding hydrogens is 167 g/mol. The Morgan fingerprint density at radius 1 is 1.46 bits per heavy atom. The van der Waals surface area contributed by atoms with E-state index in [0.717, 1.165) is 6.54 Å². The maximum atomic E-state index is 13.2. The van der Waals surface area contributed by atoms with Gasteiger partial charge >= 0.3 is 0 Å². The molecule has 3 N–H and O–H groups in total. The van der Waals surface area contributed by atoms with Gasteiger partial charge in [0.05, 0.1) is 0 Å². The molecule has 0 amide bonds. The minimum atomic E-state index is -0.263. The van der Waals surface area contributed by atoms with Crippen molar-refractivity contribution in [3.05, 3.63) is 35.6 Å². The van der Waals surface area contributed by atoms with E-state index in [1.54, 1.807) is 18.2 Å². The summed E-state index contributed by atoms with van der Waals surface area (Å²) in [6.07, 6.45) is 0. The van der Waals surface area contributed by atoms with E-state index in [1.165, 1.54) is 6.07 Å². The van der Waals surface area contributed by atoms with Crippen LogP contribution in [-0.4, -0.2) is 13.1 Å². The topological polar surface area (TPSA) is 38.0 Å². The molecule has 0 aliphatic heterocycles. The summed E-state index contributed by atoms with van der Waals surface area (Å²) in [4.78, 5) is 0. The molecule has 1 aromatic rings. The van der Waals surface area contributed by atoms with E-state index in [2.05, 4.69) is 5.32 Å². The molecule has 0 spiro atoms. The normalized spacial score (nSPS) is 12.8. The van der Waals surface area contributed by atoms with Crippen molar-refractivity contribution in [1.82, 2.24) is 5.32 Å². The maximum absolute atomic E-state index is 13.2. The number of likely N-dealkylation sites (N-methyl/N-ethyl adjacent to an activating group) is 1. The predicted molar refractivity (Wildman–Crippen MR) is 51.9 cm³/mol. The van der Waals surface area contributed by atoms with Crippen LogP contribution < -0.4 is 11.1 Å². The Morgan fingerprint density at radius 2 is 2.15 bits per heavy atom. The molecule has 0 fully saturated rings. The van der Waals surface area contributed by atoms with E-state index >= 15 is 0 Å². The number of halogens is 1. The fourth-order valence-electron chi connectivity index (χ4n) is 1.19. The zero-order chi connectivity index (χ0) is 9.68. The predicted octanol–water partition coefficient (Wildman–Crippen LogP) is 1.43. The van der Waals surface area contributed by atoms with Crippen LogP contribution in [0.5, 0.6) is 0 Å². The van der Waals surface area contributed by atoms with Crippen LogP contribution in [0.4, 0.5) is 4.39 Å². The lowest BCUT2D eigenvalue weighted by Gasteiger charge is -2.12. The molecule has 0 aromatic heterocycles. The van der Waals surface area contributed by atoms with Gasteiger partial charge in [0.25, 0.3) is 0 Å². The van der Waals surface area contributed by atoms with E-state index in [1.807, 2.05) is 6.92 Å². The molecule has 0 aliphatic carbocycles. The molecule has 13 heavy (non-hydrogen) atoms. The molecule has 0 radical (unpaired) electrons. The molecule has 1 unspecified atom stereocenters. The summed E-state index contributed by atoms with van der Waals surface area (Å²) in [6.45, 7) is 3.45. The van der Waals surface area contributed by atoms with E-state index in [9.17, 15) is 4.39 Å². The zero-order valence-electron chi connectivity index (χ0n) is 7.76. The van der Waals surface area contributed by atoms with Gasteiger partial charge in [-0.15, -0.1) is 0 Å². The highest BCUT2D eigenvalue weighted by Gasteiger charge is 2.08. The molecule has 1 aromatic carbocycles. The quantitative estimate of drug-likeness (QED) is 0.739. The second-order valence-corrected chi connectivity index (χ2v) is 2.94. The SMILES string of the molecule is CCNCC(N)c1ccccc1F. The zero-order valence-corrected chi connectivity index (χ0v) is 7.76. The molecule has 2 nitrogen and oxygen atoms in total. The molecule has 0 aliphatic rings. The monoisotopic (exact) mass is 182 g/mol. The molecule has 3 heteroatoms. The van der Waals surface area contributed by atoms with Gasteiger partial charge in [0.2, 0.25) is 0 Å². The van der Waals surface area contributed by atoms with Crippen molar-refractivity contribution in [2.75, 3.05) is 13.1 Å². The first-order chi connectivity index (χ1) is 6.25. The third-order valence-corrected chi connectivity index (χ3v) is 1.92. The largest absolute Gasteiger partial charge is 0.323 e. The Hall–Kier alpha value is -0.930. The van der Waals surface area contributed by atoms with E-state index < -0.39 is 0 Å². The molecule has 0 heterocycles. The van der Waals surface area contributed by atoms with Crippen molar-refractivity contribution in [3.63, 3.8) is 0 Å². The lowest BCUT2D eigenvalue weighted by atomic mass is 10.1. The maximum Gasteiger partial charge on any atom is 0.128 e. The number of hydrogen-bond donors (Lipinski definition) is 2. The Kier molecular flexibility index (Phi) is 3.86. The smallest absolute Gasteiger partial charge is 0.128 e. The summed E-state index contributed by atoms with van der Waals surface area (Å²) in [5, 5.41) is 3.08. The summed E-state index contributed by atoms with van der Waals surface area (Å²) in [7, 11) is 0. The van der Waals surface area contributed by atoms with Gasteiger partial charge in [-0.1, -0.05) is 25.1 Å². The van der Waals surface area contributed by atoms with Crippen LogP contribution in [0.3, 0.4) is 0 Å². The number of rotatable bonds is 4. The summed E-state index contributed by atoms with van der Waals surface area (Å²) in [6, 6.07) is 6.35. The van der Waals surface area contributed by atoms with Crippen LogP contribution in [0.1, 0.15) is 18.5 Å². The van der Waals surface area contributed by atoms with Crippen LogP contribution in [-0.2, 0) is 0 Å². The van der Waals surface area contributed by atoms with Crippen LogP contribution in [0.25, 0.3) is 0 Å². The van der Waals surface area contributed by atoms with Crippen molar-refractivity contribution in [3.8, 4) is 0 Å². The van der Waals surface area contributed by atoms with Gasteiger partial charge in [-0.2, -0.15) is 0 Å². The second kappa shape index (κ2) is 4.94. The summed E-state index contributed by atoms with van der Waals surface area (Å²) >= 11 is 0. The molecule has 0 bridgehead atoms. The molecule has 72 valence electrons. The van der Waals surface area contributed by atoms with Gasteiger partial charge in [0.1, 0.15) is 5.82 Å². The molecular formula is C10H15FN2. The van der Waals surface area contributed by atoms with Crippen molar-refractivity contribution in [2.24, 2.45) is 5.73 Å². The Morgan fingerprint density at radius 3 is 2.77 bits per heavy atom. The van der Waals surface area contributed by atoms with Gasteiger partial charge in [-0.3, -0.25) is 0 Å². The highest BCUT2D eigenvalue weighted by atomic mass is 19.1. The molecule has 1 rings (SSSR count). The van der Waals surface area contributed by atoms with Crippen LogP contribution in [0.2, 0.25) is 0 Å². The third kappa shape index (κ3) is 2.79. The fraction of sp³-hybridized carbons (Fsp3) is 0.400. The first kappa shape index (κ1) is 10.2. The second-order valence-electron chi connectivity index (χ2n) is 2.94. The average molecular weight is 182 g/mol. The Bertz CT molecular complexity index is 263. The molecule has 1 atom stereocenters. The van der Waals surface area contributed by atoms with Gasteiger partial charge in [-0.05, 0) is 12.6 Å². The van der Waals surface area contributed by atoms with Crippen molar-refractivity contribution >= 4 is 0 Å². The Balaban J connectivity index is 2.65. The van der Waals surface area contributed by atoms with Gasteiger partial charge in [0.15, 0.2) is 0 Å². The number of nitrogens with two attached hydrogens (primary N) is 1. The highest BCUT2D eigenvalue weighted by molar-refractivity contribution is 5.20. The highest BCUT2D eigenvalue weighted by Crippen LogP contribution is 2.13. The minimum Gasteiger partial charge on any atom is -0.323 e. The summed E-state index contributed by atoms with van der Waals surface area (Å²) < 4.78 is 13.2. The summed E-state index contributed by atoms with van der Waals surface area (Å²) in [5.74, 6) is -0.229. The van der Waals surface area contributed by atoms with Crippen molar-refractivity contribution < 1.29 is 4.39 Å². The van der Waals surface area contributed by atoms with Gasteiger partial charge in [0, 0.05) is 18.2 Å². The van der Waals surface area contributed by atoms with Gasteiger partial charge < -0.3 is 11.1 Å². The van der Waals surface area contributed by atoms with Crippen LogP contribution >= 0.6 is 0 Å². The van der Waals surface area contributed by atoms with Crippen LogP contribution in [0, 0.1) is 5.82 Å². The van der Waals surface area contributed by atoms with E-state index in [-0.39, 0.29) is 11.9 Å². The lowest BCUT2D eigenvalue weighted by molar-refractivity contribution is 0.556. The van der Waals surface area contributed by atoms with Crippen molar-refractivity contribution in [2.45, 2.75) is 13.0 Å². The number of nitrogens with one attached hydrogen (secondary N) is 1. The average Bonchev–Trinajstić information content (AvgIpc) is 2.15. The Labute approximate surface area is 77.9 Å². The minimum absolute atomic E-state index is 0.229. The standard InChI is InChI=1S/C10H15FN2/c1-2-13-7-10(12)8-5-3-4-6-9(8)11/h3-6,10,13H,2,7,12H2,1H3.